The number of rotatable bonds is 4. The summed E-state index contributed by atoms with van der Waals surface area (Å²) in [6, 6.07) is -0.777. The van der Waals surface area contributed by atoms with Gasteiger partial charge in [0.2, 0.25) is 0 Å². The van der Waals surface area contributed by atoms with E-state index in [1.807, 2.05) is 0 Å². The molecule has 0 spiro atoms. The van der Waals surface area contributed by atoms with Crippen LogP contribution < -0.4 is 10.6 Å². The Hall–Kier alpha value is -1.30. The number of carbonyl (C=O) groups excluding carboxylic acids is 1. The van der Waals surface area contributed by atoms with Gasteiger partial charge in [-0.25, -0.2) is 4.79 Å². The van der Waals surface area contributed by atoms with Crippen LogP contribution in [0.4, 0.5) is 4.79 Å². The molecule has 0 bridgehead atoms. The second kappa shape index (κ2) is 5.14. The van der Waals surface area contributed by atoms with Crippen LogP contribution in [0.5, 0.6) is 0 Å². The third kappa shape index (κ3) is 2.58. The number of carboxylic acids is 1. The molecule has 6 heteroatoms. The molecule has 3 N–H and O–H groups in total. The van der Waals surface area contributed by atoms with Gasteiger partial charge in [0.25, 0.3) is 0 Å². The number of nitrogens with one attached hydrogen (secondary N) is 2. The van der Waals surface area contributed by atoms with Gasteiger partial charge in [-0.1, -0.05) is 6.42 Å². The summed E-state index contributed by atoms with van der Waals surface area (Å²) in [5, 5.41) is 14.7. The molecule has 2 atom stereocenters. The van der Waals surface area contributed by atoms with Crippen LogP contribution in [0.2, 0.25) is 0 Å². The van der Waals surface area contributed by atoms with Crippen molar-refractivity contribution in [3.63, 3.8) is 0 Å². The van der Waals surface area contributed by atoms with Crippen LogP contribution in [-0.2, 0) is 9.53 Å². The summed E-state index contributed by atoms with van der Waals surface area (Å²) in [7, 11) is 0. The average molecular weight is 256 g/mol. The smallest absolute Gasteiger partial charge is 0.315 e. The number of amides is 2. The molecule has 6 nitrogen and oxygen atoms in total. The maximum atomic E-state index is 11.7. The van der Waals surface area contributed by atoms with Crippen LogP contribution >= 0.6 is 0 Å². The molecule has 2 unspecified atom stereocenters. The van der Waals surface area contributed by atoms with E-state index < -0.39 is 17.4 Å². The fraction of sp³-hybridized carbons (Fsp3) is 0.833. The van der Waals surface area contributed by atoms with Gasteiger partial charge < -0.3 is 20.5 Å². The molecule has 1 aliphatic heterocycles. The highest BCUT2D eigenvalue weighted by Crippen LogP contribution is 2.28. The second-order valence-corrected chi connectivity index (χ2v) is 5.44. The van der Waals surface area contributed by atoms with Gasteiger partial charge in [-0.2, -0.15) is 0 Å². The number of urea groups is 1. The fourth-order valence-electron chi connectivity index (χ4n) is 2.23. The van der Waals surface area contributed by atoms with Gasteiger partial charge in [0.1, 0.15) is 5.41 Å². The molecular weight excluding hydrogens is 236 g/mol. The Labute approximate surface area is 106 Å². The number of carbonyl (C=O) groups is 2. The molecule has 1 aliphatic carbocycles. The Balaban J connectivity index is 1.80. The van der Waals surface area contributed by atoms with E-state index >= 15 is 0 Å². The lowest BCUT2D eigenvalue weighted by Gasteiger charge is -2.28. The summed E-state index contributed by atoms with van der Waals surface area (Å²) in [5.74, 6) is -0.356. The normalized spacial score (nSPS) is 31.7. The molecule has 2 rings (SSSR count). The molecule has 0 radical (unpaired) electrons. The zero-order valence-electron chi connectivity index (χ0n) is 10.6. The Morgan fingerprint density at radius 2 is 2.17 bits per heavy atom. The highest BCUT2D eigenvalue weighted by Gasteiger charge is 2.47. The molecule has 1 saturated heterocycles. The maximum absolute atomic E-state index is 11.7. The van der Waals surface area contributed by atoms with E-state index in [0.29, 0.717) is 12.5 Å². The lowest BCUT2D eigenvalue weighted by molar-refractivity contribution is -0.148. The average Bonchev–Trinajstić information content (AvgIpc) is 2.59. The molecule has 2 fully saturated rings. The first-order chi connectivity index (χ1) is 8.52. The second-order valence-electron chi connectivity index (χ2n) is 5.44. The molecule has 2 aliphatic rings. The van der Waals surface area contributed by atoms with Crippen molar-refractivity contribution in [3.05, 3.63) is 0 Å². The van der Waals surface area contributed by atoms with Gasteiger partial charge in [0, 0.05) is 6.54 Å². The van der Waals surface area contributed by atoms with Crippen LogP contribution in [-0.4, -0.2) is 42.9 Å². The van der Waals surface area contributed by atoms with Crippen molar-refractivity contribution in [2.45, 2.75) is 32.2 Å². The van der Waals surface area contributed by atoms with E-state index in [0.717, 1.165) is 0 Å². The lowest BCUT2D eigenvalue weighted by Crippen LogP contribution is -2.53. The van der Waals surface area contributed by atoms with Crippen LogP contribution in [0.3, 0.4) is 0 Å². The summed E-state index contributed by atoms with van der Waals surface area (Å²) in [5.41, 5.74) is -1.03. The van der Waals surface area contributed by atoms with Crippen molar-refractivity contribution in [2.75, 3.05) is 19.8 Å². The first-order valence-corrected chi connectivity index (χ1v) is 6.38. The Morgan fingerprint density at radius 1 is 1.44 bits per heavy atom. The Morgan fingerprint density at radius 3 is 2.72 bits per heavy atom. The largest absolute Gasteiger partial charge is 0.481 e. The standard InChI is InChI=1S/C12H20N2O4/c1-12(10(15)16)7-18-6-9(12)14-11(17)13-5-8-3-2-4-8/h8-9H,2-7H2,1H3,(H,15,16)(H2,13,14,17). The predicted octanol–water partition coefficient (Wildman–Crippen LogP) is 0.575. The topological polar surface area (TPSA) is 87.7 Å². The third-order valence-electron chi connectivity index (χ3n) is 4.03. The molecule has 2 amide bonds. The van der Waals surface area contributed by atoms with Gasteiger partial charge >= 0.3 is 12.0 Å². The minimum atomic E-state index is -1.03. The van der Waals surface area contributed by atoms with Crippen molar-refractivity contribution in [1.29, 1.82) is 0 Å². The molecule has 0 aromatic carbocycles. The molecule has 0 aromatic heterocycles. The van der Waals surface area contributed by atoms with Crippen molar-refractivity contribution in [1.82, 2.24) is 10.6 Å². The molecule has 0 aromatic rings. The molecular formula is C12H20N2O4. The van der Waals surface area contributed by atoms with E-state index in [1.165, 1.54) is 19.3 Å². The molecule has 102 valence electrons. The monoisotopic (exact) mass is 256 g/mol. The quantitative estimate of drug-likeness (QED) is 0.686. The Bertz CT molecular complexity index is 343. The first-order valence-electron chi connectivity index (χ1n) is 6.38. The first kappa shape index (κ1) is 13.1. The van der Waals surface area contributed by atoms with Crippen molar-refractivity contribution < 1.29 is 19.4 Å². The number of ether oxygens (including phenoxy) is 1. The van der Waals surface area contributed by atoms with E-state index in [4.69, 9.17) is 9.84 Å². The summed E-state index contributed by atoms with van der Waals surface area (Å²) in [6.07, 6.45) is 3.57. The summed E-state index contributed by atoms with van der Waals surface area (Å²) >= 11 is 0. The van der Waals surface area contributed by atoms with Crippen LogP contribution in [0.25, 0.3) is 0 Å². The Kier molecular flexibility index (Phi) is 3.75. The summed E-state index contributed by atoms with van der Waals surface area (Å²) in [4.78, 5) is 22.9. The minimum Gasteiger partial charge on any atom is -0.481 e. The van der Waals surface area contributed by atoms with Crippen LogP contribution in [0.15, 0.2) is 0 Å². The van der Waals surface area contributed by atoms with Crippen LogP contribution in [0.1, 0.15) is 26.2 Å². The van der Waals surface area contributed by atoms with E-state index in [1.54, 1.807) is 6.92 Å². The van der Waals surface area contributed by atoms with E-state index in [-0.39, 0.29) is 19.2 Å². The molecule has 1 heterocycles. The third-order valence-corrected chi connectivity index (χ3v) is 4.03. The zero-order chi connectivity index (χ0) is 13.2. The predicted molar refractivity (Wildman–Crippen MR) is 64.2 cm³/mol. The lowest BCUT2D eigenvalue weighted by atomic mass is 9.85. The van der Waals surface area contributed by atoms with E-state index in [9.17, 15) is 9.59 Å². The van der Waals surface area contributed by atoms with Gasteiger partial charge in [0.15, 0.2) is 0 Å². The SMILES string of the molecule is CC1(C(=O)O)COCC1NC(=O)NCC1CCC1. The van der Waals surface area contributed by atoms with E-state index in [2.05, 4.69) is 10.6 Å². The maximum Gasteiger partial charge on any atom is 0.315 e. The fourth-order valence-corrected chi connectivity index (χ4v) is 2.23. The number of hydrogen-bond acceptors (Lipinski definition) is 3. The van der Waals surface area contributed by atoms with Crippen molar-refractivity contribution >= 4 is 12.0 Å². The van der Waals surface area contributed by atoms with Gasteiger partial charge in [-0.15, -0.1) is 0 Å². The number of hydrogen-bond donors (Lipinski definition) is 3. The molecule has 18 heavy (non-hydrogen) atoms. The highest BCUT2D eigenvalue weighted by atomic mass is 16.5. The molecule has 1 saturated carbocycles. The van der Waals surface area contributed by atoms with Gasteiger partial charge in [-0.3, -0.25) is 4.79 Å². The number of carboxylic acid groups (broad SMARTS) is 1. The summed E-state index contributed by atoms with van der Waals surface area (Å²) in [6.45, 7) is 2.65. The van der Waals surface area contributed by atoms with Gasteiger partial charge in [-0.05, 0) is 25.7 Å². The van der Waals surface area contributed by atoms with Crippen LogP contribution in [0, 0.1) is 11.3 Å². The van der Waals surface area contributed by atoms with Crippen molar-refractivity contribution in [3.8, 4) is 0 Å². The number of aliphatic carboxylic acids is 1. The van der Waals surface area contributed by atoms with Gasteiger partial charge in [0.05, 0.1) is 19.3 Å². The summed E-state index contributed by atoms with van der Waals surface area (Å²) < 4.78 is 5.17. The van der Waals surface area contributed by atoms with Crippen molar-refractivity contribution in [2.24, 2.45) is 11.3 Å². The highest BCUT2D eigenvalue weighted by molar-refractivity contribution is 5.79. The minimum absolute atomic E-state index is 0.135. The zero-order valence-corrected chi connectivity index (χ0v) is 10.6.